The van der Waals surface area contributed by atoms with Crippen molar-refractivity contribution < 1.29 is 4.79 Å². The summed E-state index contributed by atoms with van der Waals surface area (Å²) in [6, 6.07) is 27.7. The summed E-state index contributed by atoms with van der Waals surface area (Å²) in [7, 11) is 0. The molecule has 2 heterocycles. The highest BCUT2D eigenvalue weighted by Gasteiger charge is 2.11. The number of carbonyl (C=O) groups is 1. The lowest BCUT2D eigenvalue weighted by molar-refractivity contribution is 0.103. The normalized spacial score (nSPS) is 10.9. The fraction of sp³-hybridized carbons (Fsp3) is 0.103. The predicted octanol–water partition coefficient (Wildman–Crippen LogP) is 6.50. The number of fused-ring (bicyclic) bond motifs is 1. The van der Waals surface area contributed by atoms with Crippen molar-refractivity contribution in [3.63, 3.8) is 0 Å². The maximum absolute atomic E-state index is 12.8. The Morgan fingerprint density at radius 1 is 0.882 bits per heavy atom. The second-order valence-corrected chi connectivity index (χ2v) is 8.36. The first-order valence-electron chi connectivity index (χ1n) is 11.4. The van der Waals surface area contributed by atoms with E-state index in [9.17, 15) is 4.79 Å². The molecule has 5 heteroatoms. The van der Waals surface area contributed by atoms with Gasteiger partial charge in [-0.1, -0.05) is 48.0 Å². The summed E-state index contributed by atoms with van der Waals surface area (Å²) in [4.78, 5) is 20.4. The first-order valence-corrected chi connectivity index (χ1v) is 11.4. The van der Waals surface area contributed by atoms with Crippen LogP contribution in [-0.2, 0) is 6.42 Å². The highest BCUT2D eigenvalue weighted by Crippen LogP contribution is 2.21. The molecular formula is C29H26N4O. The Morgan fingerprint density at radius 2 is 1.65 bits per heavy atom. The molecule has 5 aromatic rings. The molecule has 0 saturated carbocycles. The van der Waals surface area contributed by atoms with Crippen LogP contribution in [0, 0.1) is 6.92 Å². The zero-order valence-electron chi connectivity index (χ0n) is 19.0. The summed E-state index contributed by atoms with van der Waals surface area (Å²) in [5, 5.41) is 8.13. The molecule has 0 unspecified atom stereocenters. The van der Waals surface area contributed by atoms with E-state index in [0.717, 1.165) is 35.6 Å². The van der Waals surface area contributed by atoms with Crippen LogP contribution in [0.15, 0.2) is 97.3 Å². The van der Waals surface area contributed by atoms with Gasteiger partial charge in [0.15, 0.2) is 0 Å². The lowest BCUT2D eigenvalue weighted by atomic mass is 10.1. The van der Waals surface area contributed by atoms with Crippen LogP contribution in [-0.4, -0.2) is 22.3 Å². The molecule has 0 radical (unpaired) electrons. The number of pyridine rings is 1. The van der Waals surface area contributed by atoms with Crippen LogP contribution in [0.4, 0.5) is 17.1 Å². The van der Waals surface area contributed by atoms with Crippen molar-refractivity contribution in [2.75, 3.05) is 17.2 Å². The molecule has 3 N–H and O–H groups in total. The second kappa shape index (κ2) is 9.63. The van der Waals surface area contributed by atoms with E-state index in [4.69, 9.17) is 0 Å². The Kier molecular flexibility index (Phi) is 6.08. The van der Waals surface area contributed by atoms with Gasteiger partial charge in [0, 0.05) is 52.5 Å². The van der Waals surface area contributed by atoms with Crippen LogP contribution in [0.1, 0.15) is 27.2 Å². The number of carbonyl (C=O) groups excluding carboxylic acids is 1. The van der Waals surface area contributed by atoms with Gasteiger partial charge in [-0.25, -0.2) is 0 Å². The van der Waals surface area contributed by atoms with Crippen LogP contribution in [0.5, 0.6) is 0 Å². The molecule has 2 aromatic heterocycles. The fourth-order valence-electron chi connectivity index (χ4n) is 4.00. The van der Waals surface area contributed by atoms with Gasteiger partial charge >= 0.3 is 0 Å². The molecule has 0 spiro atoms. The third kappa shape index (κ3) is 4.84. The van der Waals surface area contributed by atoms with Gasteiger partial charge in [0.25, 0.3) is 0 Å². The van der Waals surface area contributed by atoms with E-state index in [1.54, 1.807) is 12.3 Å². The summed E-state index contributed by atoms with van der Waals surface area (Å²) in [5.74, 6) is -0.0848. The number of hydrogen-bond donors (Lipinski definition) is 3. The van der Waals surface area contributed by atoms with Gasteiger partial charge in [-0.3, -0.25) is 9.78 Å². The van der Waals surface area contributed by atoms with Gasteiger partial charge in [-0.15, -0.1) is 0 Å². The molecule has 0 aliphatic heterocycles. The number of para-hydroxylation sites is 1. The second-order valence-electron chi connectivity index (χ2n) is 8.36. The van der Waals surface area contributed by atoms with E-state index >= 15 is 0 Å². The number of aromatic amines is 1. The minimum Gasteiger partial charge on any atom is -0.385 e. The SMILES string of the molecule is Cc1ccc(C(=O)c2cc(Nc3ccc(NCCc4c[nH]c5ccccc45)cc3)ccn2)cc1. The van der Waals surface area contributed by atoms with Crippen LogP contribution in [0.3, 0.4) is 0 Å². The minimum absolute atomic E-state index is 0.0848. The number of nitrogens with one attached hydrogen (secondary N) is 3. The van der Waals surface area contributed by atoms with Crippen molar-refractivity contribution >= 4 is 33.7 Å². The van der Waals surface area contributed by atoms with E-state index in [0.29, 0.717) is 11.3 Å². The van der Waals surface area contributed by atoms with Crippen LogP contribution in [0.2, 0.25) is 0 Å². The molecular weight excluding hydrogens is 420 g/mol. The molecule has 0 saturated heterocycles. The summed E-state index contributed by atoms with van der Waals surface area (Å²) in [5.41, 5.74) is 7.50. The summed E-state index contributed by atoms with van der Waals surface area (Å²) >= 11 is 0. The zero-order chi connectivity index (χ0) is 23.3. The summed E-state index contributed by atoms with van der Waals surface area (Å²) in [6.45, 7) is 2.85. The average Bonchev–Trinajstić information content (AvgIpc) is 3.28. The van der Waals surface area contributed by atoms with Crippen molar-refractivity contribution in [1.29, 1.82) is 0 Å². The Balaban J connectivity index is 1.19. The van der Waals surface area contributed by atoms with Gasteiger partial charge in [-0.05, 0) is 61.4 Å². The molecule has 34 heavy (non-hydrogen) atoms. The summed E-state index contributed by atoms with van der Waals surface area (Å²) in [6.07, 6.45) is 4.69. The number of rotatable bonds is 8. The number of benzene rings is 3. The van der Waals surface area contributed by atoms with E-state index in [2.05, 4.69) is 57.1 Å². The van der Waals surface area contributed by atoms with Gasteiger partial charge in [0.05, 0.1) is 0 Å². The third-order valence-corrected chi connectivity index (χ3v) is 5.88. The lowest BCUT2D eigenvalue weighted by Crippen LogP contribution is -2.05. The maximum Gasteiger partial charge on any atom is 0.211 e. The Labute approximate surface area is 198 Å². The largest absolute Gasteiger partial charge is 0.385 e. The van der Waals surface area contributed by atoms with Crippen molar-refractivity contribution in [3.05, 3.63) is 120 Å². The van der Waals surface area contributed by atoms with E-state index in [1.807, 2.05) is 55.5 Å². The van der Waals surface area contributed by atoms with Crippen molar-refractivity contribution in [2.24, 2.45) is 0 Å². The van der Waals surface area contributed by atoms with Gasteiger partial charge in [0.1, 0.15) is 5.69 Å². The Morgan fingerprint density at radius 3 is 2.47 bits per heavy atom. The van der Waals surface area contributed by atoms with Crippen LogP contribution < -0.4 is 10.6 Å². The summed E-state index contributed by atoms with van der Waals surface area (Å²) < 4.78 is 0. The molecule has 5 nitrogen and oxygen atoms in total. The van der Waals surface area contributed by atoms with E-state index in [-0.39, 0.29) is 5.78 Å². The number of nitrogens with zero attached hydrogens (tertiary/aromatic N) is 1. The Hall–Kier alpha value is -4.38. The monoisotopic (exact) mass is 446 g/mol. The number of aryl methyl sites for hydroxylation is 1. The molecule has 0 bridgehead atoms. The molecule has 168 valence electrons. The quantitative estimate of drug-likeness (QED) is 0.238. The zero-order valence-corrected chi connectivity index (χ0v) is 19.0. The number of H-pyrrole nitrogens is 1. The molecule has 3 aromatic carbocycles. The number of hydrogen-bond acceptors (Lipinski definition) is 4. The Bertz CT molecular complexity index is 1420. The molecule has 0 fully saturated rings. The molecule has 5 rings (SSSR count). The molecule has 0 atom stereocenters. The van der Waals surface area contributed by atoms with Crippen LogP contribution >= 0.6 is 0 Å². The van der Waals surface area contributed by atoms with Crippen molar-refractivity contribution in [1.82, 2.24) is 9.97 Å². The highest BCUT2D eigenvalue weighted by atomic mass is 16.1. The van der Waals surface area contributed by atoms with Crippen LogP contribution in [0.25, 0.3) is 10.9 Å². The lowest BCUT2D eigenvalue weighted by Gasteiger charge is -2.10. The molecule has 0 amide bonds. The first-order chi connectivity index (χ1) is 16.7. The number of aromatic nitrogens is 2. The maximum atomic E-state index is 12.8. The number of anilines is 3. The van der Waals surface area contributed by atoms with Gasteiger partial charge in [0.2, 0.25) is 5.78 Å². The standard InChI is InChI=1S/C29H26N4O/c1-20-6-8-21(9-7-20)29(34)28-18-25(15-17-31-28)33-24-12-10-23(11-13-24)30-16-14-22-19-32-27-5-3-2-4-26(22)27/h2-13,15,17-19,30,32H,14,16H2,1H3,(H,31,33). The van der Waals surface area contributed by atoms with Gasteiger partial charge < -0.3 is 15.6 Å². The highest BCUT2D eigenvalue weighted by molar-refractivity contribution is 6.08. The van der Waals surface area contributed by atoms with E-state index < -0.39 is 0 Å². The smallest absolute Gasteiger partial charge is 0.211 e. The fourth-order valence-corrected chi connectivity index (χ4v) is 4.00. The average molecular weight is 447 g/mol. The van der Waals surface area contributed by atoms with Crippen molar-refractivity contribution in [2.45, 2.75) is 13.3 Å². The van der Waals surface area contributed by atoms with Gasteiger partial charge in [-0.2, -0.15) is 0 Å². The topological polar surface area (TPSA) is 69.8 Å². The molecule has 0 aliphatic carbocycles. The van der Waals surface area contributed by atoms with E-state index in [1.165, 1.54) is 16.5 Å². The third-order valence-electron chi connectivity index (χ3n) is 5.88. The predicted molar refractivity (Wildman–Crippen MR) is 139 cm³/mol. The molecule has 0 aliphatic rings. The van der Waals surface area contributed by atoms with Crippen molar-refractivity contribution in [3.8, 4) is 0 Å². The minimum atomic E-state index is -0.0848. The first kappa shape index (κ1) is 21.5. The number of ketones is 1.